The van der Waals surface area contributed by atoms with Crippen molar-refractivity contribution in [3.05, 3.63) is 88.8 Å². The second-order valence-corrected chi connectivity index (χ2v) is 8.19. The van der Waals surface area contributed by atoms with Crippen molar-refractivity contribution in [2.75, 3.05) is 7.05 Å². The van der Waals surface area contributed by atoms with Gasteiger partial charge in [-0.2, -0.15) is 0 Å². The van der Waals surface area contributed by atoms with Gasteiger partial charge in [0.05, 0.1) is 12.6 Å². The van der Waals surface area contributed by atoms with Crippen molar-refractivity contribution in [2.24, 2.45) is 0 Å². The summed E-state index contributed by atoms with van der Waals surface area (Å²) in [4.78, 5) is 2.19. The summed E-state index contributed by atoms with van der Waals surface area (Å²) in [7, 11) is 2.08. The number of halogens is 2. The van der Waals surface area contributed by atoms with Crippen LogP contribution >= 0.6 is 0 Å². The molecule has 0 N–H and O–H groups in total. The van der Waals surface area contributed by atoms with E-state index in [9.17, 15) is 8.78 Å². The van der Waals surface area contributed by atoms with Gasteiger partial charge in [-0.1, -0.05) is 25.5 Å². The molecule has 0 saturated carbocycles. The summed E-state index contributed by atoms with van der Waals surface area (Å²) in [5.41, 5.74) is 6.23. The molecule has 1 aliphatic heterocycles. The second-order valence-electron chi connectivity index (χ2n) is 8.19. The van der Waals surface area contributed by atoms with Gasteiger partial charge in [0, 0.05) is 34.8 Å². The van der Waals surface area contributed by atoms with Gasteiger partial charge in [-0.3, -0.25) is 0 Å². The summed E-state index contributed by atoms with van der Waals surface area (Å²) < 4.78 is 30.3. The van der Waals surface area contributed by atoms with Gasteiger partial charge in [-0.25, -0.2) is 8.78 Å². The average Bonchev–Trinajstić information content (AvgIpc) is 2.98. The number of fused-ring (bicyclic) bond motifs is 1. The van der Waals surface area contributed by atoms with Crippen LogP contribution in [0.1, 0.15) is 42.7 Å². The Kier molecular flexibility index (Phi) is 5.50. The first-order valence-corrected chi connectivity index (χ1v) is 10.6. The molecule has 156 valence electrons. The molecule has 0 amide bonds. The van der Waals surface area contributed by atoms with Gasteiger partial charge in [0.15, 0.2) is 0 Å². The fraction of sp³-hybridized carbons (Fsp3) is 0.308. The van der Waals surface area contributed by atoms with Crippen LogP contribution in [-0.4, -0.2) is 22.6 Å². The zero-order valence-electron chi connectivity index (χ0n) is 18.0. The van der Waals surface area contributed by atoms with Gasteiger partial charge in [-0.05, 0) is 74.0 Å². The highest BCUT2D eigenvalue weighted by molar-refractivity contribution is 5.97. The number of likely N-dealkylation sites (N-methyl/N-ethyl adjacent to an activating group) is 1. The average molecular weight is 407 g/mol. The molecule has 0 bridgehead atoms. The Bertz CT molecular complexity index is 1150. The molecule has 1 aromatic heterocycles. The van der Waals surface area contributed by atoms with Crippen molar-refractivity contribution < 1.29 is 8.78 Å². The SMILES string of the molecule is CCCc1ccc2c(c1)c(C1=CC=CN(C)C1C)c(C)n2Cc1cc(F)ccc1F. The van der Waals surface area contributed by atoms with Crippen LogP contribution in [0, 0.1) is 18.6 Å². The number of benzene rings is 2. The molecule has 1 unspecified atom stereocenters. The zero-order chi connectivity index (χ0) is 21.4. The highest BCUT2D eigenvalue weighted by Crippen LogP contribution is 2.37. The van der Waals surface area contributed by atoms with Crippen molar-refractivity contribution in [3.8, 4) is 0 Å². The van der Waals surface area contributed by atoms with E-state index >= 15 is 0 Å². The van der Waals surface area contributed by atoms with Crippen molar-refractivity contribution in [1.29, 1.82) is 0 Å². The highest BCUT2D eigenvalue weighted by atomic mass is 19.1. The molecule has 0 aliphatic carbocycles. The maximum Gasteiger partial charge on any atom is 0.128 e. The molecule has 4 heteroatoms. The van der Waals surface area contributed by atoms with Crippen LogP contribution in [0.2, 0.25) is 0 Å². The minimum absolute atomic E-state index is 0.230. The van der Waals surface area contributed by atoms with Crippen molar-refractivity contribution >= 4 is 16.5 Å². The van der Waals surface area contributed by atoms with E-state index in [2.05, 4.69) is 73.8 Å². The highest BCUT2D eigenvalue weighted by Gasteiger charge is 2.24. The Morgan fingerprint density at radius 3 is 2.63 bits per heavy atom. The van der Waals surface area contributed by atoms with Gasteiger partial charge in [0.1, 0.15) is 11.6 Å². The van der Waals surface area contributed by atoms with E-state index in [1.54, 1.807) is 0 Å². The van der Waals surface area contributed by atoms with Crippen LogP contribution in [-0.2, 0) is 13.0 Å². The van der Waals surface area contributed by atoms with Crippen molar-refractivity contribution in [1.82, 2.24) is 9.47 Å². The molecule has 3 aromatic rings. The topological polar surface area (TPSA) is 8.17 Å². The van der Waals surface area contributed by atoms with Crippen LogP contribution in [0.15, 0.2) is 54.8 Å². The summed E-state index contributed by atoms with van der Waals surface area (Å²) in [5, 5.41) is 1.18. The number of aromatic nitrogens is 1. The van der Waals surface area contributed by atoms with Gasteiger partial charge in [-0.15, -0.1) is 0 Å². The normalized spacial score (nSPS) is 16.4. The fourth-order valence-corrected chi connectivity index (χ4v) is 4.44. The summed E-state index contributed by atoms with van der Waals surface area (Å²) in [5.74, 6) is -0.795. The minimum atomic E-state index is -0.415. The second kappa shape index (κ2) is 8.10. The number of rotatable bonds is 5. The van der Waals surface area contributed by atoms with Gasteiger partial charge >= 0.3 is 0 Å². The van der Waals surface area contributed by atoms with E-state index in [0.717, 1.165) is 24.1 Å². The molecule has 0 saturated heterocycles. The molecule has 30 heavy (non-hydrogen) atoms. The van der Waals surface area contributed by atoms with Crippen molar-refractivity contribution in [2.45, 2.75) is 46.2 Å². The zero-order valence-corrected chi connectivity index (χ0v) is 18.0. The molecule has 1 aliphatic rings. The molecular formula is C26H28F2N2. The molecule has 0 spiro atoms. The van der Waals surface area contributed by atoms with Crippen LogP contribution in [0.5, 0.6) is 0 Å². The monoisotopic (exact) mass is 406 g/mol. The van der Waals surface area contributed by atoms with Crippen LogP contribution in [0.4, 0.5) is 8.78 Å². The quantitative estimate of drug-likeness (QED) is 0.472. The Balaban J connectivity index is 1.93. The van der Waals surface area contributed by atoms with Crippen LogP contribution < -0.4 is 0 Å². The molecule has 2 aromatic carbocycles. The Morgan fingerprint density at radius 2 is 1.87 bits per heavy atom. The fourth-order valence-electron chi connectivity index (χ4n) is 4.44. The largest absolute Gasteiger partial charge is 0.374 e. The lowest BCUT2D eigenvalue weighted by Gasteiger charge is -2.29. The molecule has 0 radical (unpaired) electrons. The van der Waals surface area contributed by atoms with E-state index < -0.39 is 5.82 Å². The maximum absolute atomic E-state index is 14.4. The molecular weight excluding hydrogens is 378 g/mol. The number of hydrogen-bond donors (Lipinski definition) is 0. The first kappa shape index (κ1) is 20.4. The number of aryl methyl sites for hydroxylation is 1. The molecule has 2 heterocycles. The van der Waals surface area contributed by atoms with Gasteiger partial charge < -0.3 is 9.47 Å². The Morgan fingerprint density at radius 1 is 1.07 bits per heavy atom. The molecule has 0 fully saturated rings. The van der Waals surface area contributed by atoms with Crippen LogP contribution in [0.25, 0.3) is 16.5 Å². The summed E-state index contributed by atoms with van der Waals surface area (Å²) in [6, 6.07) is 10.4. The standard InChI is InChI=1S/C26H28F2N2/c1-5-7-19-9-12-25-23(14-19)26(22-8-6-13-29(4)17(22)2)18(3)30(25)16-20-15-21(27)10-11-24(20)28/h6,8-15,17H,5,7,16H2,1-4H3. The first-order chi connectivity index (χ1) is 14.4. The van der Waals surface area contributed by atoms with E-state index in [4.69, 9.17) is 0 Å². The third-order valence-corrected chi connectivity index (χ3v) is 6.21. The maximum atomic E-state index is 14.4. The Hall–Kier alpha value is -2.88. The van der Waals surface area contributed by atoms with Crippen molar-refractivity contribution in [3.63, 3.8) is 0 Å². The number of nitrogens with zero attached hydrogens (tertiary/aromatic N) is 2. The Labute approximate surface area is 177 Å². The summed E-state index contributed by atoms with van der Waals surface area (Å²) in [6.45, 7) is 6.75. The minimum Gasteiger partial charge on any atom is -0.374 e. The van der Waals surface area contributed by atoms with E-state index in [0.29, 0.717) is 12.1 Å². The van der Waals surface area contributed by atoms with E-state index in [1.807, 2.05) is 0 Å². The predicted molar refractivity (Wildman–Crippen MR) is 120 cm³/mol. The van der Waals surface area contributed by atoms with Gasteiger partial charge in [0.2, 0.25) is 0 Å². The summed E-state index contributed by atoms with van der Waals surface area (Å²) in [6.07, 6.45) is 8.42. The lowest BCUT2D eigenvalue weighted by molar-refractivity contribution is 0.413. The lowest BCUT2D eigenvalue weighted by Crippen LogP contribution is -2.27. The molecule has 1 atom stereocenters. The number of hydrogen-bond acceptors (Lipinski definition) is 1. The third-order valence-electron chi connectivity index (χ3n) is 6.21. The molecule has 2 nitrogen and oxygen atoms in total. The van der Waals surface area contributed by atoms with E-state index in [-0.39, 0.29) is 11.9 Å². The number of allylic oxidation sites excluding steroid dienone is 2. The van der Waals surface area contributed by atoms with Crippen LogP contribution in [0.3, 0.4) is 0 Å². The van der Waals surface area contributed by atoms with Gasteiger partial charge in [0.25, 0.3) is 0 Å². The smallest absolute Gasteiger partial charge is 0.128 e. The molecule has 4 rings (SSSR count). The third kappa shape index (κ3) is 3.55. The summed E-state index contributed by atoms with van der Waals surface area (Å²) >= 11 is 0. The lowest BCUT2D eigenvalue weighted by atomic mass is 9.93. The predicted octanol–water partition coefficient (Wildman–Crippen LogP) is 6.46. The van der Waals surface area contributed by atoms with E-state index in [1.165, 1.54) is 40.3 Å². The first-order valence-electron chi connectivity index (χ1n) is 10.6.